The Kier molecular flexibility index (Phi) is 2.97. The molecule has 6 fully saturated rings. The molecule has 4 heterocycles. The molecule has 4 saturated heterocycles. The molecule has 4 aliphatic heterocycles. The van der Waals surface area contributed by atoms with Gasteiger partial charge in [0.25, 0.3) is 0 Å². The van der Waals surface area contributed by atoms with Gasteiger partial charge in [0, 0.05) is 12.3 Å². The Morgan fingerprint density at radius 2 is 1.70 bits per heavy atom. The number of hydrogen-bond donors (Lipinski definition) is 3. The molecule has 0 radical (unpaired) electrons. The van der Waals surface area contributed by atoms with Crippen molar-refractivity contribution in [3.63, 3.8) is 0 Å². The van der Waals surface area contributed by atoms with E-state index in [4.69, 9.17) is 18.9 Å². The SMILES string of the molecule is C[C@@H]1C(=O)O[C@H]2C[C@]34[C@@H]5OC(=O)[C@]3(O[C@H]3OC(=O)[C@H](O)[C@@]34[C@H](C(C)(C)C)[C@H]5O)[C@]21O. The van der Waals surface area contributed by atoms with E-state index in [2.05, 4.69) is 0 Å². The number of carbonyl (C=O) groups is 3. The van der Waals surface area contributed by atoms with E-state index in [9.17, 15) is 29.7 Å². The molecule has 10 nitrogen and oxygen atoms in total. The van der Waals surface area contributed by atoms with Crippen LogP contribution in [0, 0.1) is 28.1 Å². The van der Waals surface area contributed by atoms with Crippen LogP contribution in [0.3, 0.4) is 0 Å². The van der Waals surface area contributed by atoms with Gasteiger partial charge in [-0.25, -0.2) is 9.59 Å². The van der Waals surface area contributed by atoms with Crippen molar-refractivity contribution in [1.82, 2.24) is 0 Å². The number of hydrogen-bond acceptors (Lipinski definition) is 10. The zero-order valence-electron chi connectivity index (χ0n) is 16.9. The fourth-order valence-corrected chi connectivity index (χ4v) is 8.22. The van der Waals surface area contributed by atoms with Gasteiger partial charge >= 0.3 is 17.9 Å². The van der Waals surface area contributed by atoms with Crippen molar-refractivity contribution in [2.45, 2.75) is 76.0 Å². The van der Waals surface area contributed by atoms with Crippen LogP contribution in [-0.2, 0) is 33.3 Å². The first-order valence-corrected chi connectivity index (χ1v) is 10.2. The van der Waals surface area contributed by atoms with Gasteiger partial charge in [-0.05, 0) is 12.3 Å². The van der Waals surface area contributed by atoms with Gasteiger partial charge in [-0.2, -0.15) is 0 Å². The van der Waals surface area contributed by atoms with Gasteiger partial charge in [0.1, 0.15) is 12.2 Å². The maximum absolute atomic E-state index is 13.4. The maximum atomic E-state index is 13.4. The van der Waals surface area contributed by atoms with Crippen LogP contribution in [0.25, 0.3) is 0 Å². The highest BCUT2D eigenvalue weighted by Gasteiger charge is 3.02. The summed E-state index contributed by atoms with van der Waals surface area (Å²) < 4.78 is 22.6. The van der Waals surface area contributed by atoms with Crippen molar-refractivity contribution < 1.29 is 48.7 Å². The van der Waals surface area contributed by atoms with Crippen molar-refractivity contribution in [3.8, 4) is 0 Å². The molecule has 30 heavy (non-hydrogen) atoms. The predicted octanol–water partition coefficient (Wildman–Crippen LogP) is -1.37. The molecule has 6 aliphatic rings. The van der Waals surface area contributed by atoms with Crippen LogP contribution in [0.2, 0.25) is 0 Å². The van der Waals surface area contributed by atoms with Gasteiger partial charge in [0.05, 0.1) is 22.9 Å². The summed E-state index contributed by atoms with van der Waals surface area (Å²) in [5.41, 5.74) is -7.95. The van der Waals surface area contributed by atoms with Crippen LogP contribution in [0.1, 0.15) is 34.1 Å². The first-order chi connectivity index (χ1) is 13.8. The first kappa shape index (κ1) is 19.0. The molecule has 11 atom stereocenters. The largest absolute Gasteiger partial charge is 0.459 e. The van der Waals surface area contributed by atoms with Crippen LogP contribution in [0.15, 0.2) is 0 Å². The lowest BCUT2D eigenvalue weighted by molar-refractivity contribution is -0.239. The summed E-state index contributed by atoms with van der Waals surface area (Å²) in [4.78, 5) is 38.2. The van der Waals surface area contributed by atoms with Gasteiger partial charge in [0.15, 0.2) is 11.7 Å². The number of ether oxygens (including phenoxy) is 4. The van der Waals surface area contributed by atoms with E-state index in [1.165, 1.54) is 6.92 Å². The zero-order valence-corrected chi connectivity index (χ0v) is 16.9. The molecule has 10 heteroatoms. The number of aliphatic hydroxyl groups is 3. The second kappa shape index (κ2) is 4.69. The standard InChI is InChI=1S/C20H24O10/c1-6-12(23)27-7-5-17-11-8(21)9(16(2,3)4)18(17)10(22)13(24)29-15(18)30-20(17,14(25)28-11)19(6,7)26/h6-11,15,21-22,26H,5H2,1-4H3/t6-,7+,8-,9+,10+,11-,15-,17-,18+,19-,20-/m1/s1. The molecule has 0 unspecified atom stereocenters. The van der Waals surface area contributed by atoms with Crippen molar-refractivity contribution in [3.05, 3.63) is 0 Å². The minimum atomic E-state index is -2.12. The first-order valence-electron chi connectivity index (χ1n) is 10.2. The summed E-state index contributed by atoms with van der Waals surface area (Å²) in [6.07, 6.45) is -6.73. The van der Waals surface area contributed by atoms with Gasteiger partial charge in [0.2, 0.25) is 11.9 Å². The molecule has 2 saturated carbocycles. The molecule has 0 amide bonds. The highest BCUT2D eigenvalue weighted by molar-refractivity contribution is 5.93. The molecule has 0 aromatic carbocycles. The topological polar surface area (TPSA) is 149 Å². The third kappa shape index (κ3) is 1.35. The summed E-state index contributed by atoms with van der Waals surface area (Å²) in [5.74, 6) is -4.43. The molecule has 2 aliphatic carbocycles. The minimum absolute atomic E-state index is 0.107. The molecule has 3 N–H and O–H groups in total. The Balaban J connectivity index is 1.71. The van der Waals surface area contributed by atoms with E-state index in [1.807, 2.05) is 20.8 Å². The third-order valence-corrected chi connectivity index (χ3v) is 8.91. The summed E-state index contributed by atoms with van der Waals surface area (Å²) in [7, 11) is 0. The number of rotatable bonds is 0. The monoisotopic (exact) mass is 424 g/mol. The van der Waals surface area contributed by atoms with Crippen molar-refractivity contribution in [2.24, 2.45) is 28.1 Å². The van der Waals surface area contributed by atoms with Crippen LogP contribution >= 0.6 is 0 Å². The summed E-state index contributed by atoms with van der Waals surface area (Å²) in [5, 5.41) is 34.4. The van der Waals surface area contributed by atoms with Crippen molar-refractivity contribution >= 4 is 17.9 Å². The minimum Gasteiger partial charge on any atom is -0.459 e. The van der Waals surface area contributed by atoms with Crippen molar-refractivity contribution in [2.75, 3.05) is 0 Å². The van der Waals surface area contributed by atoms with Crippen LogP contribution in [0.4, 0.5) is 0 Å². The number of carbonyl (C=O) groups excluding carboxylic acids is 3. The lowest BCUT2D eigenvalue weighted by atomic mass is 9.51. The lowest BCUT2D eigenvalue weighted by Gasteiger charge is -2.46. The quantitative estimate of drug-likeness (QED) is 0.314. The van der Waals surface area contributed by atoms with Crippen molar-refractivity contribution in [1.29, 1.82) is 0 Å². The molecular formula is C20H24O10. The van der Waals surface area contributed by atoms with E-state index in [0.717, 1.165) is 0 Å². The zero-order chi connectivity index (χ0) is 21.8. The predicted molar refractivity (Wildman–Crippen MR) is 92.0 cm³/mol. The van der Waals surface area contributed by atoms with Gasteiger partial charge in [-0.3, -0.25) is 4.79 Å². The maximum Gasteiger partial charge on any atom is 0.342 e. The van der Waals surface area contributed by atoms with Gasteiger partial charge < -0.3 is 34.3 Å². The molecule has 0 bridgehead atoms. The van der Waals surface area contributed by atoms with Crippen LogP contribution < -0.4 is 0 Å². The highest BCUT2D eigenvalue weighted by Crippen LogP contribution is 2.84. The molecule has 0 aromatic heterocycles. The van der Waals surface area contributed by atoms with Gasteiger partial charge in [-0.15, -0.1) is 0 Å². The van der Waals surface area contributed by atoms with Gasteiger partial charge in [-0.1, -0.05) is 20.8 Å². The smallest absolute Gasteiger partial charge is 0.342 e. The molecule has 0 aromatic rings. The average Bonchev–Trinajstić information content (AvgIpc) is 3.32. The van der Waals surface area contributed by atoms with E-state index >= 15 is 0 Å². The van der Waals surface area contributed by atoms with E-state index in [0.29, 0.717) is 0 Å². The molecule has 2 spiro atoms. The molecule has 6 rings (SSSR count). The third-order valence-electron chi connectivity index (χ3n) is 8.91. The summed E-state index contributed by atoms with van der Waals surface area (Å²) in [6.45, 7) is 6.97. The number of aliphatic hydroxyl groups excluding tert-OH is 2. The molecule has 164 valence electrons. The van der Waals surface area contributed by atoms with E-state index < -0.39 is 87.9 Å². The Morgan fingerprint density at radius 3 is 2.33 bits per heavy atom. The average molecular weight is 424 g/mol. The van der Waals surface area contributed by atoms with Crippen LogP contribution in [-0.4, -0.2) is 75.1 Å². The number of fused-ring (bicyclic) bond motifs is 1. The Bertz CT molecular complexity index is 925. The fraction of sp³-hybridized carbons (Fsp3) is 0.850. The molecular weight excluding hydrogens is 400 g/mol. The number of esters is 3. The van der Waals surface area contributed by atoms with Crippen LogP contribution in [0.5, 0.6) is 0 Å². The fourth-order valence-electron chi connectivity index (χ4n) is 8.22. The lowest BCUT2D eigenvalue weighted by Crippen LogP contribution is -2.66. The second-order valence-corrected chi connectivity index (χ2v) is 10.7. The highest BCUT2D eigenvalue weighted by atomic mass is 16.8. The summed E-state index contributed by atoms with van der Waals surface area (Å²) in [6, 6.07) is 0. The summed E-state index contributed by atoms with van der Waals surface area (Å²) >= 11 is 0. The normalized spacial score (nSPS) is 60.1. The Morgan fingerprint density at radius 1 is 1.03 bits per heavy atom. The Hall–Kier alpha value is -1.75. The van der Waals surface area contributed by atoms with E-state index in [1.54, 1.807) is 0 Å². The second-order valence-electron chi connectivity index (χ2n) is 10.7. The van der Waals surface area contributed by atoms with E-state index in [-0.39, 0.29) is 6.42 Å². The Labute approximate surface area is 171 Å².